The Morgan fingerprint density at radius 1 is 0.750 bits per heavy atom. The Labute approximate surface area is 193 Å². The van der Waals surface area contributed by atoms with Gasteiger partial charge in [-0.3, -0.25) is 0 Å². The number of carbonyl (C=O) groups is 2. The van der Waals surface area contributed by atoms with Crippen LogP contribution in [0.25, 0.3) is 0 Å². The second-order valence-electron chi connectivity index (χ2n) is 8.18. The molecule has 0 spiro atoms. The summed E-state index contributed by atoms with van der Waals surface area (Å²) >= 11 is 0. The summed E-state index contributed by atoms with van der Waals surface area (Å²) < 4.78 is 17.8. The molecular formula is C26H41O6-. The van der Waals surface area contributed by atoms with Crippen LogP contribution in [0, 0.1) is 0 Å². The smallest absolute Gasteiger partial charge is 0.343 e. The molecule has 0 aromatic heterocycles. The zero-order valence-electron chi connectivity index (χ0n) is 20.2. The molecule has 182 valence electrons. The highest BCUT2D eigenvalue weighted by Crippen LogP contribution is 2.26. The minimum atomic E-state index is -1.51. The molecule has 0 radical (unpaired) electrons. The molecule has 0 heterocycles. The lowest BCUT2D eigenvalue weighted by Crippen LogP contribution is -2.42. The van der Waals surface area contributed by atoms with Crippen molar-refractivity contribution < 1.29 is 28.9 Å². The molecule has 6 heteroatoms. The van der Waals surface area contributed by atoms with Gasteiger partial charge in [-0.15, -0.1) is 0 Å². The fourth-order valence-corrected chi connectivity index (χ4v) is 3.50. The van der Waals surface area contributed by atoms with Gasteiger partial charge in [-0.1, -0.05) is 90.3 Å². The van der Waals surface area contributed by atoms with E-state index in [-0.39, 0.29) is 11.1 Å². The van der Waals surface area contributed by atoms with E-state index in [1.807, 2.05) is 6.92 Å². The molecule has 0 saturated heterocycles. The molecule has 1 aromatic carbocycles. The Bertz CT molecular complexity index is 641. The second kappa shape index (κ2) is 16.7. The highest BCUT2D eigenvalue weighted by molar-refractivity contribution is 6.01. The summed E-state index contributed by atoms with van der Waals surface area (Å²) in [6, 6.07) is 5.88. The van der Waals surface area contributed by atoms with E-state index < -0.39 is 17.9 Å². The Kier molecular flexibility index (Phi) is 14.7. The molecule has 0 unspecified atom stereocenters. The van der Waals surface area contributed by atoms with Crippen LogP contribution in [0.3, 0.4) is 0 Å². The SMILES string of the molecule is CCCCCCCOC(CCC)(OCCCCCCC)OC(=O)c1ccccc1C(=O)[O-]. The van der Waals surface area contributed by atoms with Gasteiger partial charge in [-0.25, -0.2) is 4.79 Å². The lowest BCUT2D eigenvalue weighted by atomic mass is 10.1. The molecule has 1 rings (SSSR count). The number of hydrogen-bond donors (Lipinski definition) is 0. The molecule has 32 heavy (non-hydrogen) atoms. The third-order valence-electron chi connectivity index (χ3n) is 5.31. The molecule has 0 aliphatic rings. The summed E-state index contributed by atoms with van der Waals surface area (Å²) in [4.78, 5) is 24.4. The van der Waals surface area contributed by atoms with E-state index in [9.17, 15) is 14.7 Å². The van der Waals surface area contributed by atoms with Crippen LogP contribution in [0.1, 0.15) is 119 Å². The summed E-state index contributed by atoms with van der Waals surface area (Å²) in [5.74, 6) is -3.72. The van der Waals surface area contributed by atoms with Crippen molar-refractivity contribution in [2.75, 3.05) is 13.2 Å². The van der Waals surface area contributed by atoms with Crippen LogP contribution >= 0.6 is 0 Å². The van der Waals surface area contributed by atoms with Gasteiger partial charge in [-0.2, -0.15) is 0 Å². The van der Waals surface area contributed by atoms with Crippen LogP contribution in [-0.4, -0.2) is 31.1 Å². The zero-order valence-corrected chi connectivity index (χ0v) is 20.2. The fraction of sp³-hybridized carbons (Fsp3) is 0.692. The number of rotatable bonds is 19. The topological polar surface area (TPSA) is 84.9 Å². The molecule has 0 amide bonds. The summed E-state index contributed by atoms with van der Waals surface area (Å²) in [5, 5.41) is 11.4. The zero-order chi connectivity index (χ0) is 23.7. The van der Waals surface area contributed by atoms with Crippen LogP contribution < -0.4 is 5.11 Å². The normalized spacial score (nSPS) is 11.5. The quantitative estimate of drug-likeness (QED) is 0.154. The molecule has 0 bridgehead atoms. The lowest BCUT2D eigenvalue weighted by molar-refractivity contribution is -0.359. The molecule has 0 saturated carbocycles. The predicted octanol–water partition coefficient (Wildman–Crippen LogP) is 5.63. The first-order valence-electron chi connectivity index (χ1n) is 12.3. The monoisotopic (exact) mass is 449 g/mol. The number of carbonyl (C=O) groups excluding carboxylic acids is 2. The van der Waals surface area contributed by atoms with Crippen molar-refractivity contribution >= 4 is 11.9 Å². The highest BCUT2D eigenvalue weighted by atomic mass is 16.9. The van der Waals surface area contributed by atoms with Crippen LogP contribution in [0.5, 0.6) is 0 Å². The van der Waals surface area contributed by atoms with Crippen molar-refractivity contribution in [1.82, 2.24) is 0 Å². The van der Waals surface area contributed by atoms with E-state index in [1.165, 1.54) is 25.0 Å². The number of carboxylic acid groups (broad SMARTS) is 1. The van der Waals surface area contributed by atoms with Crippen molar-refractivity contribution in [2.24, 2.45) is 0 Å². The van der Waals surface area contributed by atoms with Gasteiger partial charge < -0.3 is 24.1 Å². The minimum Gasteiger partial charge on any atom is -0.545 e. The number of aromatic carboxylic acids is 1. The Balaban J connectivity index is 2.89. The first-order valence-corrected chi connectivity index (χ1v) is 12.3. The average Bonchev–Trinajstić information content (AvgIpc) is 2.78. The predicted molar refractivity (Wildman–Crippen MR) is 123 cm³/mol. The third-order valence-corrected chi connectivity index (χ3v) is 5.31. The molecule has 0 aliphatic heterocycles. The molecular weight excluding hydrogens is 408 g/mol. The van der Waals surface area contributed by atoms with Crippen molar-refractivity contribution in [2.45, 2.75) is 104 Å². The fourth-order valence-electron chi connectivity index (χ4n) is 3.50. The van der Waals surface area contributed by atoms with Crippen LogP contribution in [-0.2, 0) is 14.2 Å². The van der Waals surface area contributed by atoms with E-state index in [0.29, 0.717) is 26.1 Å². The molecule has 0 atom stereocenters. The maximum atomic E-state index is 12.9. The maximum Gasteiger partial charge on any atom is 0.343 e. The number of benzene rings is 1. The number of hydrogen-bond acceptors (Lipinski definition) is 6. The number of esters is 1. The molecule has 0 aliphatic carbocycles. The summed E-state index contributed by atoms with van der Waals surface area (Å²) in [6.45, 7) is 7.12. The summed E-state index contributed by atoms with van der Waals surface area (Å²) in [6.07, 6.45) is 11.8. The second-order valence-corrected chi connectivity index (χ2v) is 8.18. The summed E-state index contributed by atoms with van der Waals surface area (Å²) in [7, 11) is 0. The van der Waals surface area contributed by atoms with Gasteiger partial charge in [0.15, 0.2) is 0 Å². The van der Waals surface area contributed by atoms with Gasteiger partial charge in [-0.05, 0) is 25.3 Å². The molecule has 0 fully saturated rings. The Hall–Kier alpha value is -1.92. The highest BCUT2D eigenvalue weighted by Gasteiger charge is 2.37. The number of carboxylic acids is 1. The van der Waals surface area contributed by atoms with E-state index in [2.05, 4.69) is 13.8 Å². The molecule has 6 nitrogen and oxygen atoms in total. The van der Waals surface area contributed by atoms with Gasteiger partial charge in [0.25, 0.3) is 0 Å². The Morgan fingerprint density at radius 2 is 1.25 bits per heavy atom. The van der Waals surface area contributed by atoms with Crippen molar-refractivity contribution in [1.29, 1.82) is 0 Å². The standard InChI is InChI=1S/C26H42O6/c1-4-7-9-11-15-20-30-26(19-6-3,31-21-16-12-10-8-5-2)32-25(29)23-18-14-13-17-22(23)24(27)28/h13-14,17-18H,4-12,15-16,19-21H2,1-3H3,(H,27,28)/p-1. The van der Waals surface area contributed by atoms with E-state index in [0.717, 1.165) is 51.4 Å². The first kappa shape index (κ1) is 28.1. The average molecular weight is 450 g/mol. The number of ether oxygens (including phenoxy) is 3. The van der Waals surface area contributed by atoms with Crippen molar-refractivity contribution in [3.8, 4) is 0 Å². The van der Waals surface area contributed by atoms with E-state index in [1.54, 1.807) is 12.1 Å². The molecule has 0 N–H and O–H groups in total. The first-order chi connectivity index (χ1) is 15.5. The van der Waals surface area contributed by atoms with Crippen LogP contribution in [0.15, 0.2) is 24.3 Å². The minimum absolute atomic E-state index is 0.0638. The Morgan fingerprint density at radius 3 is 1.72 bits per heavy atom. The van der Waals surface area contributed by atoms with Gasteiger partial charge in [0.05, 0.1) is 24.7 Å². The number of unbranched alkanes of at least 4 members (excludes halogenated alkanes) is 8. The van der Waals surface area contributed by atoms with Crippen LogP contribution in [0.2, 0.25) is 0 Å². The van der Waals surface area contributed by atoms with Gasteiger partial charge >= 0.3 is 11.9 Å². The maximum absolute atomic E-state index is 12.9. The van der Waals surface area contributed by atoms with E-state index >= 15 is 0 Å². The largest absolute Gasteiger partial charge is 0.545 e. The van der Waals surface area contributed by atoms with Crippen molar-refractivity contribution in [3.05, 3.63) is 35.4 Å². The van der Waals surface area contributed by atoms with Gasteiger partial charge in [0.1, 0.15) is 0 Å². The molecule has 1 aromatic rings. The van der Waals surface area contributed by atoms with Crippen molar-refractivity contribution in [3.63, 3.8) is 0 Å². The van der Waals surface area contributed by atoms with Gasteiger partial charge in [0, 0.05) is 12.0 Å². The van der Waals surface area contributed by atoms with E-state index in [4.69, 9.17) is 14.2 Å². The summed E-state index contributed by atoms with van der Waals surface area (Å²) in [5.41, 5.74) is -0.270. The van der Waals surface area contributed by atoms with Gasteiger partial charge in [0.2, 0.25) is 0 Å². The third kappa shape index (κ3) is 10.6. The van der Waals surface area contributed by atoms with Crippen LogP contribution in [0.4, 0.5) is 0 Å². The lowest BCUT2D eigenvalue weighted by Gasteiger charge is -2.33.